The Morgan fingerprint density at radius 2 is 2.09 bits per heavy atom. The van der Waals surface area contributed by atoms with Crippen molar-refractivity contribution in [3.8, 4) is 0 Å². The van der Waals surface area contributed by atoms with Gasteiger partial charge < -0.3 is 10.1 Å². The van der Waals surface area contributed by atoms with Crippen molar-refractivity contribution in [3.63, 3.8) is 0 Å². The predicted octanol–water partition coefficient (Wildman–Crippen LogP) is 2.36. The summed E-state index contributed by atoms with van der Waals surface area (Å²) in [4.78, 5) is 41.5. The van der Waals surface area contributed by atoms with Crippen LogP contribution in [-0.2, 0) is 14.3 Å². The Morgan fingerprint density at radius 1 is 1.39 bits per heavy atom. The number of likely N-dealkylation sites (tertiary alicyclic amines) is 1. The molecule has 1 saturated heterocycles. The lowest BCUT2D eigenvalue weighted by Gasteiger charge is -2.27. The van der Waals surface area contributed by atoms with Crippen LogP contribution < -0.4 is 5.32 Å². The summed E-state index contributed by atoms with van der Waals surface area (Å²) in [5.41, 5.74) is -0.699. The number of ether oxygens (including phenoxy) is 1. The average Bonchev–Trinajstić information content (AvgIpc) is 2.79. The molecule has 1 fully saturated rings. The molecule has 1 N–H and O–H groups in total. The molecule has 2 heterocycles. The first-order chi connectivity index (χ1) is 10.7. The van der Waals surface area contributed by atoms with Crippen LogP contribution in [0.1, 0.15) is 27.2 Å². The van der Waals surface area contributed by atoms with Gasteiger partial charge in [-0.1, -0.05) is 6.07 Å². The number of amides is 2. The second kappa shape index (κ2) is 6.66. The molecule has 1 atom stereocenters. The van der Waals surface area contributed by atoms with Crippen molar-refractivity contribution in [3.05, 3.63) is 22.8 Å². The summed E-state index contributed by atoms with van der Waals surface area (Å²) in [5, 5.41) is 2.61. The lowest BCUT2D eigenvalue weighted by atomic mass is 10.2. The molecule has 0 aromatic carbocycles. The minimum Gasteiger partial charge on any atom is -0.444 e. The van der Waals surface area contributed by atoms with Crippen molar-refractivity contribution >= 4 is 39.5 Å². The number of nitrogens with zero attached hydrogens (tertiary/aromatic N) is 2. The molecule has 0 spiro atoms. The third-order valence-electron chi connectivity index (χ3n) is 3.04. The van der Waals surface area contributed by atoms with Gasteiger partial charge in [-0.3, -0.25) is 14.5 Å². The lowest BCUT2D eigenvalue weighted by molar-refractivity contribution is -0.121. The number of ketones is 1. The van der Waals surface area contributed by atoms with Crippen LogP contribution in [0.25, 0.3) is 0 Å². The fourth-order valence-electron chi connectivity index (χ4n) is 2.12. The van der Waals surface area contributed by atoms with Crippen LogP contribution in [0.5, 0.6) is 0 Å². The summed E-state index contributed by atoms with van der Waals surface area (Å²) < 4.78 is 5.82. The van der Waals surface area contributed by atoms with Crippen LogP contribution in [0.2, 0.25) is 0 Å². The van der Waals surface area contributed by atoms with Crippen LogP contribution in [0.4, 0.5) is 10.6 Å². The quantitative estimate of drug-likeness (QED) is 0.791. The molecular weight excluding hydrogens is 366 g/mol. The molecule has 7 nitrogen and oxygen atoms in total. The third kappa shape index (κ3) is 4.75. The number of halogens is 1. The Kier molecular flexibility index (Phi) is 5.03. The molecule has 1 aliphatic heterocycles. The molecule has 1 aromatic heterocycles. The number of nitrogens with one attached hydrogen (secondary N) is 1. The van der Waals surface area contributed by atoms with Crippen LogP contribution in [0, 0.1) is 0 Å². The minimum atomic E-state index is -0.891. The summed E-state index contributed by atoms with van der Waals surface area (Å²) in [6, 6.07) is 4.18. The van der Waals surface area contributed by atoms with E-state index < -0.39 is 23.6 Å². The van der Waals surface area contributed by atoms with E-state index in [-0.39, 0.29) is 18.7 Å². The SMILES string of the molecule is CC(C)(C)OC(=O)N1CC(=O)CC1C(=O)Nc1cccc(Br)n1. The third-order valence-corrected chi connectivity index (χ3v) is 3.48. The molecule has 2 rings (SSSR count). The molecule has 1 aliphatic rings. The minimum absolute atomic E-state index is 0.0287. The summed E-state index contributed by atoms with van der Waals surface area (Å²) >= 11 is 3.21. The van der Waals surface area contributed by atoms with Crippen LogP contribution in [0.15, 0.2) is 22.8 Å². The molecule has 1 unspecified atom stereocenters. The molecule has 124 valence electrons. The Bertz CT molecular complexity index is 642. The Morgan fingerprint density at radius 3 is 2.70 bits per heavy atom. The Hall–Kier alpha value is -1.96. The zero-order valence-corrected chi connectivity index (χ0v) is 14.7. The zero-order chi connectivity index (χ0) is 17.2. The molecule has 23 heavy (non-hydrogen) atoms. The molecule has 0 radical (unpaired) electrons. The van der Waals surface area contributed by atoms with E-state index in [0.29, 0.717) is 10.4 Å². The van der Waals surface area contributed by atoms with Crippen LogP contribution in [0.3, 0.4) is 0 Å². The smallest absolute Gasteiger partial charge is 0.411 e. The standard InChI is InChI=1S/C15H18BrN3O4/c1-15(2,3)23-14(22)19-8-9(20)7-10(19)13(21)18-12-6-4-5-11(16)17-12/h4-6,10H,7-8H2,1-3H3,(H,17,18,21). The number of hydrogen-bond acceptors (Lipinski definition) is 5. The van der Waals surface area contributed by atoms with Crippen molar-refractivity contribution in [2.24, 2.45) is 0 Å². The number of pyridine rings is 1. The Balaban J connectivity index is 2.10. The first-order valence-corrected chi connectivity index (χ1v) is 7.90. The van der Waals surface area contributed by atoms with Crippen molar-refractivity contribution in [2.45, 2.75) is 38.8 Å². The number of hydrogen-bond donors (Lipinski definition) is 1. The van der Waals surface area contributed by atoms with Crippen LogP contribution in [-0.4, -0.2) is 45.9 Å². The van der Waals surface area contributed by atoms with Gasteiger partial charge in [-0.2, -0.15) is 0 Å². The van der Waals surface area contributed by atoms with Gasteiger partial charge in [-0.05, 0) is 48.8 Å². The second-order valence-electron chi connectivity index (χ2n) is 6.20. The molecule has 8 heteroatoms. The topological polar surface area (TPSA) is 88.6 Å². The molecule has 1 aromatic rings. The highest BCUT2D eigenvalue weighted by molar-refractivity contribution is 9.10. The maximum Gasteiger partial charge on any atom is 0.411 e. The van der Waals surface area contributed by atoms with Gasteiger partial charge >= 0.3 is 6.09 Å². The van der Waals surface area contributed by atoms with E-state index in [1.165, 1.54) is 0 Å². The van der Waals surface area contributed by atoms with Gasteiger partial charge in [0.05, 0.1) is 6.54 Å². The highest BCUT2D eigenvalue weighted by Gasteiger charge is 2.40. The molecular formula is C15H18BrN3O4. The van der Waals surface area contributed by atoms with E-state index in [1.807, 2.05) is 0 Å². The number of aromatic nitrogens is 1. The molecule has 0 saturated carbocycles. The lowest BCUT2D eigenvalue weighted by Crippen LogP contribution is -2.45. The van der Waals surface area contributed by atoms with Gasteiger partial charge in [0.15, 0.2) is 5.78 Å². The largest absolute Gasteiger partial charge is 0.444 e. The van der Waals surface area contributed by atoms with E-state index >= 15 is 0 Å². The normalized spacial score (nSPS) is 18.0. The zero-order valence-electron chi connectivity index (χ0n) is 13.1. The van der Waals surface area contributed by atoms with Gasteiger partial charge in [-0.15, -0.1) is 0 Å². The predicted molar refractivity (Wildman–Crippen MR) is 86.9 cm³/mol. The molecule has 0 aliphatic carbocycles. The summed E-state index contributed by atoms with van der Waals surface area (Å²) in [7, 11) is 0. The number of Topliss-reactive ketones (excluding diaryl/α,β-unsaturated/α-hetero) is 1. The fourth-order valence-corrected chi connectivity index (χ4v) is 2.47. The summed E-state index contributed by atoms with van der Waals surface area (Å²) in [6.45, 7) is 5.05. The van der Waals surface area contributed by atoms with E-state index in [9.17, 15) is 14.4 Å². The van der Waals surface area contributed by atoms with Crippen molar-refractivity contribution in [1.82, 2.24) is 9.88 Å². The molecule has 0 bridgehead atoms. The number of anilines is 1. The fraction of sp³-hybridized carbons (Fsp3) is 0.467. The van der Waals surface area contributed by atoms with E-state index in [2.05, 4.69) is 26.2 Å². The number of carbonyl (C=O) groups is 3. The van der Waals surface area contributed by atoms with E-state index in [1.54, 1.807) is 39.0 Å². The highest BCUT2D eigenvalue weighted by Crippen LogP contribution is 2.20. The monoisotopic (exact) mass is 383 g/mol. The van der Waals surface area contributed by atoms with Gasteiger partial charge in [0.25, 0.3) is 0 Å². The highest BCUT2D eigenvalue weighted by atomic mass is 79.9. The summed E-state index contributed by atoms with van der Waals surface area (Å²) in [6.07, 6.45) is -0.704. The maximum absolute atomic E-state index is 12.4. The van der Waals surface area contributed by atoms with Gasteiger partial charge in [0.2, 0.25) is 5.91 Å². The summed E-state index contributed by atoms with van der Waals surface area (Å²) in [5.74, 6) is -0.307. The van der Waals surface area contributed by atoms with E-state index in [0.717, 1.165) is 4.90 Å². The number of rotatable bonds is 2. The first kappa shape index (κ1) is 17.4. The van der Waals surface area contributed by atoms with Gasteiger partial charge in [0.1, 0.15) is 22.1 Å². The Labute approximate surface area is 142 Å². The van der Waals surface area contributed by atoms with E-state index in [4.69, 9.17) is 4.74 Å². The van der Waals surface area contributed by atoms with Gasteiger partial charge in [0, 0.05) is 6.42 Å². The van der Waals surface area contributed by atoms with Crippen molar-refractivity contribution in [1.29, 1.82) is 0 Å². The van der Waals surface area contributed by atoms with Gasteiger partial charge in [-0.25, -0.2) is 9.78 Å². The maximum atomic E-state index is 12.4. The second-order valence-corrected chi connectivity index (χ2v) is 7.01. The molecule has 2 amide bonds. The first-order valence-electron chi connectivity index (χ1n) is 7.10. The van der Waals surface area contributed by atoms with Crippen molar-refractivity contribution in [2.75, 3.05) is 11.9 Å². The van der Waals surface area contributed by atoms with Crippen LogP contribution >= 0.6 is 15.9 Å². The van der Waals surface area contributed by atoms with Crippen molar-refractivity contribution < 1.29 is 19.1 Å². The number of carbonyl (C=O) groups excluding carboxylic acids is 3. The average molecular weight is 384 g/mol.